The fourth-order valence-corrected chi connectivity index (χ4v) is 3.70. The van der Waals surface area contributed by atoms with Gasteiger partial charge in [-0.05, 0) is 48.2 Å². The summed E-state index contributed by atoms with van der Waals surface area (Å²) >= 11 is 7.56. The van der Waals surface area contributed by atoms with Crippen molar-refractivity contribution in [1.82, 2.24) is 9.55 Å². The SMILES string of the molecule is C=CCSc1nc2cc(Cl)ccc2c(=O)n1-c1ccc([C@H](C)CC)cc1. The minimum absolute atomic E-state index is 0.0884. The molecule has 0 aliphatic heterocycles. The van der Waals surface area contributed by atoms with Gasteiger partial charge in [0.2, 0.25) is 0 Å². The van der Waals surface area contributed by atoms with Gasteiger partial charge in [-0.25, -0.2) is 4.98 Å². The Balaban J connectivity index is 2.19. The van der Waals surface area contributed by atoms with E-state index >= 15 is 0 Å². The first kappa shape index (κ1) is 18.7. The molecule has 3 nitrogen and oxygen atoms in total. The first-order valence-corrected chi connectivity index (χ1v) is 9.97. The van der Waals surface area contributed by atoms with E-state index in [1.54, 1.807) is 28.8 Å². The van der Waals surface area contributed by atoms with Crippen LogP contribution in [0.25, 0.3) is 16.6 Å². The van der Waals surface area contributed by atoms with Crippen molar-refractivity contribution in [2.24, 2.45) is 0 Å². The van der Waals surface area contributed by atoms with Crippen LogP contribution in [0.15, 0.2) is 65.1 Å². The van der Waals surface area contributed by atoms with E-state index in [0.717, 1.165) is 12.1 Å². The van der Waals surface area contributed by atoms with Gasteiger partial charge in [-0.3, -0.25) is 9.36 Å². The second-order valence-electron chi connectivity index (χ2n) is 6.20. The number of benzene rings is 2. The number of fused-ring (bicyclic) bond motifs is 1. The van der Waals surface area contributed by atoms with Crippen LogP contribution in [-0.2, 0) is 0 Å². The van der Waals surface area contributed by atoms with Crippen molar-refractivity contribution in [3.63, 3.8) is 0 Å². The highest BCUT2D eigenvalue weighted by Gasteiger charge is 2.14. The van der Waals surface area contributed by atoms with Crippen molar-refractivity contribution in [3.8, 4) is 5.69 Å². The van der Waals surface area contributed by atoms with Gasteiger partial charge in [-0.15, -0.1) is 6.58 Å². The predicted octanol–water partition coefficient (Wildman–Crippen LogP) is 5.83. The highest BCUT2D eigenvalue weighted by molar-refractivity contribution is 7.99. The van der Waals surface area contributed by atoms with Crippen molar-refractivity contribution < 1.29 is 0 Å². The van der Waals surface area contributed by atoms with Gasteiger partial charge in [-0.1, -0.05) is 55.4 Å². The monoisotopic (exact) mass is 384 g/mol. The van der Waals surface area contributed by atoms with Gasteiger partial charge in [0.25, 0.3) is 5.56 Å². The molecule has 1 atom stereocenters. The standard InChI is InChI=1S/C21H21ClN2OS/c1-4-12-26-21-23-19-13-16(22)8-11-18(19)20(25)24(21)17-9-6-15(7-10-17)14(3)5-2/h4,6-11,13-14H,1,5,12H2,2-3H3/t14-/m1/s1. The molecule has 1 heterocycles. The van der Waals surface area contributed by atoms with E-state index in [1.807, 2.05) is 12.1 Å². The largest absolute Gasteiger partial charge is 0.268 e. The Morgan fingerprint density at radius 2 is 2.00 bits per heavy atom. The number of aromatic nitrogens is 2. The Morgan fingerprint density at radius 3 is 2.65 bits per heavy atom. The summed E-state index contributed by atoms with van der Waals surface area (Å²) in [5.74, 6) is 1.16. The van der Waals surface area contributed by atoms with E-state index in [-0.39, 0.29) is 5.56 Å². The van der Waals surface area contributed by atoms with Gasteiger partial charge in [-0.2, -0.15) is 0 Å². The summed E-state index contributed by atoms with van der Waals surface area (Å²) in [5.41, 5.74) is 2.61. The van der Waals surface area contributed by atoms with Crippen LogP contribution in [-0.4, -0.2) is 15.3 Å². The fraction of sp³-hybridized carbons (Fsp3) is 0.238. The van der Waals surface area contributed by atoms with Crippen molar-refractivity contribution >= 4 is 34.3 Å². The molecule has 0 aliphatic rings. The Bertz CT molecular complexity index is 995. The molecule has 3 aromatic rings. The minimum Gasteiger partial charge on any atom is -0.268 e. The van der Waals surface area contributed by atoms with Crippen molar-refractivity contribution in [3.05, 3.63) is 76.1 Å². The number of hydrogen-bond acceptors (Lipinski definition) is 3. The van der Waals surface area contributed by atoms with E-state index in [2.05, 4.69) is 37.5 Å². The van der Waals surface area contributed by atoms with Crippen LogP contribution >= 0.6 is 23.4 Å². The average molecular weight is 385 g/mol. The minimum atomic E-state index is -0.0884. The van der Waals surface area contributed by atoms with Crippen molar-refractivity contribution in [2.75, 3.05) is 5.75 Å². The summed E-state index contributed by atoms with van der Waals surface area (Å²) in [6.07, 6.45) is 2.88. The van der Waals surface area contributed by atoms with Crippen LogP contribution in [0, 0.1) is 0 Å². The Labute approximate surface area is 162 Å². The molecule has 2 aromatic carbocycles. The molecule has 0 fully saturated rings. The summed E-state index contributed by atoms with van der Waals surface area (Å²) in [5, 5.41) is 1.77. The summed E-state index contributed by atoms with van der Waals surface area (Å²) in [6.45, 7) is 8.13. The van der Waals surface area contributed by atoms with E-state index < -0.39 is 0 Å². The summed E-state index contributed by atoms with van der Waals surface area (Å²) in [7, 11) is 0. The lowest BCUT2D eigenvalue weighted by Crippen LogP contribution is -2.21. The van der Waals surface area contributed by atoms with Crippen molar-refractivity contribution in [1.29, 1.82) is 0 Å². The zero-order valence-corrected chi connectivity index (χ0v) is 16.5. The molecule has 0 saturated heterocycles. The molecule has 0 spiro atoms. The molecule has 26 heavy (non-hydrogen) atoms. The lowest BCUT2D eigenvalue weighted by atomic mass is 9.98. The zero-order valence-electron chi connectivity index (χ0n) is 14.9. The summed E-state index contributed by atoms with van der Waals surface area (Å²) in [4.78, 5) is 17.8. The molecule has 0 radical (unpaired) electrons. The van der Waals surface area contributed by atoms with Crippen LogP contribution in [0.2, 0.25) is 5.02 Å². The number of halogens is 1. The predicted molar refractivity (Wildman–Crippen MR) is 112 cm³/mol. The maximum Gasteiger partial charge on any atom is 0.266 e. The molecule has 134 valence electrons. The number of hydrogen-bond donors (Lipinski definition) is 0. The number of nitrogens with zero attached hydrogens (tertiary/aromatic N) is 2. The molecular weight excluding hydrogens is 364 g/mol. The van der Waals surface area contributed by atoms with Gasteiger partial charge in [0.05, 0.1) is 16.6 Å². The first-order valence-electron chi connectivity index (χ1n) is 8.61. The molecule has 0 saturated carbocycles. The van der Waals surface area contributed by atoms with Gasteiger partial charge < -0.3 is 0 Å². The lowest BCUT2D eigenvalue weighted by Gasteiger charge is -2.14. The lowest BCUT2D eigenvalue weighted by molar-refractivity contribution is 0.732. The van der Waals surface area contributed by atoms with Crippen LogP contribution in [0.4, 0.5) is 0 Å². The molecule has 0 unspecified atom stereocenters. The summed E-state index contributed by atoms with van der Waals surface area (Å²) < 4.78 is 1.67. The average Bonchev–Trinajstić information content (AvgIpc) is 2.65. The third-order valence-electron chi connectivity index (χ3n) is 4.46. The zero-order chi connectivity index (χ0) is 18.7. The molecule has 0 bridgehead atoms. The van der Waals surface area contributed by atoms with E-state index in [4.69, 9.17) is 11.6 Å². The molecular formula is C21H21ClN2OS. The molecule has 0 N–H and O–H groups in total. The Kier molecular flexibility index (Phi) is 5.84. The van der Waals surface area contributed by atoms with Gasteiger partial charge in [0.1, 0.15) is 0 Å². The Morgan fingerprint density at radius 1 is 1.27 bits per heavy atom. The van der Waals surface area contributed by atoms with Crippen LogP contribution < -0.4 is 5.56 Å². The topological polar surface area (TPSA) is 34.9 Å². The van der Waals surface area contributed by atoms with E-state index in [1.165, 1.54) is 17.3 Å². The van der Waals surface area contributed by atoms with Gasteiger partial charge >= 0.3 is 0 Å². The van der Waals surface area contributed by atoms with E-state index in [9.17, 15) is 4.79 Å². The molecule has 3 rings (SSSR count). The Hall–Kier alpha value is -2.04. The maximum atomic E-state index is 13.1. The number of rotatable bonds is 6. The maximum absolute atomic E-state index is 13.1. The smallest absolute Gasteiger partial charge is 0.266 e. The van der Waals surface area contributed by atoms with Crippen LogP contribution in [0.1, 0.15) is 31.7 Å². The molecule has 1 aromatic heterocycles. The van der Waals surface area contributed by atoms with Gasteiger partial charge in [0, 0.05) is 10.8 Å². The second-order valence-corrected chi connectivity index (χ2v) is 7.62. The first-order chi connectivity index (χ1) is 12.5. The normalized spacial score (nSPS) is 12.3. The van der Waals surface area contributed by atoms with Crippen molar-refractivity contribution in [2.45, 2.75) is 31.3 Å². The molecule has 0 aliphatic carbocycles. The second kappa shape index (κ2) is 8.11. The van der Waals surface area contributed by atoms with E-state index in [0.29, 0.717) is 32.8 Å². The number of thioether (sulfide) groups is 1. The highest BCUT2D eigenvalue weighted by Crippen LogP contribution is 2.25. The van der Waals surface area contributed by atoms with Crippen LogP contribution in [0.3, 0.4) is 0 Å². The third-order valence-corrected chi connectivity index (χ3v) is 5.63. The highest BCUT2D eigenvalue weighted by atomic mass is 35.5. The van der Waals surface area contributed by atoms with Crippen LogP contribution in [0.5, 0.6) is 0 Å². The molecule has 5 heteroatoms. The summed E-state index contributed by atoms with van der Waals surface area (Å²) in [6, 6.07) is 13.3. The van der Waals surface area contributed by atoms with Gasteiger partial charge in [0.15, 0.2) is 5.16 Å². The quantitative estimate of drug-likeness (QED) is 0.304. The third kappa shape index (κ3) is 3.71. The molecule has 0 amide bonds. The fourth-order valence-electron chi connectivity index (χ4n) is 2.78.